The first-order valence-corrected chi connectivity index (χ1v) is 7.17. The third-order valence-corrected chi connectivity index (χ3v) is 3.55. The predicted molar refractivity (Wildman–Crippen MR) is 79.7 cm³/mol. The zero-order chi connectivity index (χ0) is 14.9. The summed E-state index contributed by atoms with van der Waals surface area (Å²) in [4.78, 5) is 4.48. The van der Waals surface area contributed by atoms with Gasteiger partial charge in [0.2, 0.25) is 0 Å². The number of aromatic nitrogens is 2. The van der Waals surface area contributed by atoms with E-state index in [1.807, 2.05) is 13.0 Å². The van der Waals surface area contributed by atoms with Crippen LogP contribution in [0, 0.1) is 18.7 Å². The lowest BCUT2D eigenvalue weighted by Crippen LogP contribution is -2.15. The summed E-state index contributed by atoms with van der Waals surface area (Å²) >= 11 is 6.21. The van der Waals surface area contributed by atoms with Gasteiger partial charge in [-0.3, -0.25) is 0 Å². The van der Waals surface area contributed by atoms with Crippen molar-refractivity contribution in [2.75, 3.05) is 13.7 Å². The van der Waals surface area contributed by atoms with Gasteiger partial charge in [-0.25, -0.2) is 9.37 Å². The molecular formula is C15H20ClFN2O. The van der Waals surface area contributed by atoms with Crippen molar-refractivity contribution < 1.29 is 9.13 Å². The number of benzene rings is 1. The Labute approximate surface area is 123 Å². The average Bonchev–Trinajstić information content (AvgIpc) is 2.69. The molecule has 0 aliphatic heterocycles. The predicted octanol–water partition coefficient (Wildman–Crippen LogP) is 4.07. The van der Waals surface area contributed by atoms with Gasteiger partial charge in [-0.1, -0.05) is 6.92 Å². The lowest BCUT2D eigenvalue weighted by molar-refractivity contribution is 0.151. The number of rotatable bonds is 5. The number of fused-ring (bicyclic) bond motifs is 1. The van der Waals surface area contributed by atoms with Crippen LogP contribution in [0.4, 0.5) is 4.39 Å². The van der Waals surface area contributed by atoms with Crippen LogP contribution >= 0.6 is 11.6 Å². The Bertz CT molecular complexity index is 609. The monoisotopic (exact) mass is 298 g/mol. The highest BCUT2D eigenvalue weighted by molar-refractivity contribution is 6.20. The number of alkyl halides is 1. The van der Waals surface area contributed by atoms with Gasteiger partial charge >= 0.3 is 0 Å². The van der Waals surface area contributed by atoms with Crippen molar-refractivity contribution in [2.45, 2.75) is 32.7 Å². The number of hydrogen-bond donors (Lipinski definition) is 0. The van der Waals surface area contributed by atoms with Crippen molar-refractivity contribution in [1.82, 2.24) is 9.55 Å². The molecule has 2 rings (SSSR count). The minimum Gasteiger partial charge on any atom is -0.384 e. The third kappa shape index (κ3) is 2.96. The van der Waals surface area contributed by atoms with Crippen LogP contribution in [0.25, 0.3) is 11.0 Å². The highest BCUT2D eigenvalue weighted by Crippen LogP contribution is 2.27. The van der Waals surface area contributed by atoms with E-state index in [1.54, 1.807) is 14.0 Å². The molecule has 0 bridgehead atoms. The largest absolute Gasteiger partial charge is 0.384 e. The molecule has 1 heterocycles. The average molecular weight is 299 g/mol. The van der Waals surface area contributed by atoms with Crippen LogP contribution in [0.15, 0.2) is 12.1 Å². The molecule has 0 radical (unpaired) electrons. The Morgan fingerprint density at radius 3 is 2.70 bits per heavy atom. The number of ether oxygens (including phenoxy) is 1. The molecule has 0 fully saturated rings. The van der Waals surface area contributed by atoms with E-state index >= 15 is 0 Å². The summed E-state index contributed by atoms with van der Waals surface area (Å²) in [5, 5.41) is -0.222. The van der Waals surface area contributed by atoms with Gasteiger partial charge in [0, 0.05) is 19.7 Å². The Hall–Kier alpha value is -1.13. The van der Waals surface area contributed by atoms with Crippen LogP contribution in [0.1, 0.15) is 30.6 Å². The summed E-state index contributed by atoms with van der Waals surface area (Å²) in [6.45, 7) is 7.16. The lowest BCUT2D eigenvalue weighted by Gasteiger charge is -2.15. The summed E-state index contributed by atoms with van der Waals surface area (Å²) < 4.78 is 20.9. The highest BCUT2D eigenvalue weighted by Gasteiger charge is 2.18. The molecule has 5 heteroatoms. The quantitative estimate of drug-likeness (QED) is 0.778. The molecule has 3 nitrogen and oxygen atoms in total. The lowest BCUT2D eigenvalue weighted by atomic mass is 10.1. The van der Waals surface area contributed by atoms with Crippen LogP contribution in [0.3, 0.4) is 0 Å². The smallest absolute Gasteiger partial charge is 0.128 e. The van der Waals surface area contributed by atoms with Crippen molar-refractivity contribution in [3.05, 3.63) is 29.3 Å². The van der Waals surface area contributed by atoms with E-state index in [4.69, 9.17) is 16.3 Å². The topological polar surface area (TPSA) is 27.1 Å². The second-order valence-electron chi connectivity index (χ2n) is 5.35. The van der Waals surface area contributed by atoms with Crippen molar-refractivity contribution in [3.63, 3.8) is 0 Å². The Morgan fingerprint density at radius 1 is 1.40 bits per heavy atom. The molecule has 2 unspecified atom stereocenters. The van der Waals surface area contributed by atoms with Crippen LogP contribution in [0.5, 0.6) is 0 Å². The molecule has 0 aliphatic carbocycles. The van der Waals surface area contributed by atoms with Gasteiger partial charge in [0.1, 0.15) is 11.6 Å². The molecule has 1 aromatic carbocycles. The highest BCUT2D eigenvalue weighted by atomic mass is 35.5. The van der Waals surface area contributed by atoms with Crippen LogP contribution in [-0.2, 0) is 11.3 Å². The van der Waals surface area contributed by atoms with E-state index in [0.29, 0.717) is 23.6 Å². The van der Waals surface area contributed by atoms with Gasteiger partial charge in [-0.15, -0.1) is 11.6 Å². The molecule has 20 heavy (non-hydrogen) atoms. The zero-order valence-corrected chi connectivity index (χ0v) is 13.0. The summed E-state index contributed by atoms with van der Waals surface area (Å²) in [5.74, 6) is 0.868. The first-order chi connectivity index (χ1) is 9.43. The molecule has 0 saturated heterocycles. The maximum Gasteiger partial charge on any atom is 0.128 e. The first kappa shape index (κ1) is 15.3. The number of hydrogen-bond acceptors (Lipinski definition) is 2. The van der Waals surface area contributed by atoms with Gasteiger partial charge in [0.25, 0.3) is 0 Å². The molecular weight excluding hydrogens is 279 g/mol. The fourth-order valence-corrected chi connectivity index (χ4v) is 2.58. The first-order valence-electron chi connectivity index (χ1n) is 6.73. The molecule has 0 saturated carbocycles. The van der Waals surface area contributed by atoms with E-state index in [1.165, 1.54) is 6.07 Å². The maximum atomic E-state index is 13.7. The van der Waals surface area contributed by atoms with Crippen LogP contribution in [-0.4, -0.2) is 23.3 Å². The zero-order valence-electron chi connectivity index (χ0n) is 12.3. The molecule has 0 aliphatic rings. The van der Waals surface area contributed by atoms with Gasteiger partial charge < -0.3 is 9.30 Å². The van der Waals surface area contributed by atoms with Gasteiger partial charge in [0.15, 0.2) is 0 Å². The van der Waals surface area contributed by atoms with Crippen molar-refractivity contribution in [2.24, 2.45) is 5.92 Å². The summed E-state index contributed by atoms with van der Waals surface area (Å²) in [6, 6.07) is 3.31. The number of methoxy groups -OCH3 is 1. The second-order valence-corrected chi connectivity index (χ2v) is 6.00. The normalized spacial score (nSPS) is 14.7. The SMILES string of the molecule is COCC(C)Cn1c(C(C)Cl)nc2cc(F)c(C)cc21. The van der Waals surface area contributed by atoms with Gasteiger partial charge in [0.05, 0.1) is 23.0 Å². The molecule has 110 valence electrons. The number of halogens is 2. The molecule has 0 N–H and O–H groups in total. The van der Waals surface area contributed by atoms with E-state index in [0.717, 1.165) is 17.9 Å². The number of aryl methyl sites for hydroxylation is 1. The van der Waals surface area contributed by atoms with E-state index in [2.05, 4.69) is 16.5 Å². The molecule has 0 spiro atoms. The number of imidazole rings is 1. The maximum absolute atomic E-state index is 13.7. The van der Waals surface area contributed by atoms with Crippen LogP contribution in [0.2, 0.25) is 0 Å². The summed E-state index contributed by atoms with van der Waals surface area (Å²) in [6.07, 6.45) is 0. The standard InChI is InChI=1S/C15H20ClFN2O/c1-9(8-20-4)7-19-14-5-10(2)12(17)6-13(14)18-15(19)11(3)16/h5-6,9,11H,7-8H2,1-4H3. The van der Waals surface area contributed by atoms with Crippen LogP contribution < -0.4 is 0 Å². The third-order valence-electron chi connectivity index (χ3n) is 3.36. The van der Waals surface area contributed by atoms with E-state index < -0.39 is 0 Å². The van der Waals surface area contributed by atoms with Crippen molar-refractivity contribution >= 4 is 22.6 Å². The molecule has 0 amide bonds. The summed E-state index contributed by atoms with van der Waals surface area (Å²) in [5.41, 5.74) is 2.20. The minimum absolute atomic E-state index is 0.222. The van der Waals surface area contributed by atoms with Gasteiger partial charge in [-0.05, 0) is 31.4 Å². The number of nitrogens with zero attached hydrogens (tertiary/aromatic N) is 2. The van der Waals surface area contributed by atoms with E-state index in [-0.39, 0.29) is 11.2 Å². The molecule has 2 aromatic rings. The fraction of sp³-hybridized carbons (Fsp3) is 0.533. The molecule has 2 atom stereocenters. The van der Waals surface area contributed by atoms with Crippen molar-refractivity contribution in [3.8, 4) is 0 Å². The molecule has 1 aromatic heterocycles. The van der Waals surface area contributed by atoms with E-state index in [9.17, 15) is 4.39 Å². The Kier molecular flexibility index (Phi) is 4.66. The Balaban J connectivity index is 2.53. The minimum atomic E-state index is -0.235. The fourth-order valence-electron chi connectivity index (χ4n) is 2.41. The van der Waals surface area contributed by atoms with Gasteiger partial charge in [-0.2, -0.15) is 0 Å². The summed E-state index contributed by atoms with van der Waals surface area (Å²) in [7, 11) is 1.69. The second kappa shape index (κ2) is 6.10. The Morgan fingerprint density at radius 2 is 2.10 bits per heavy atom. The van der Waals surface area contributed by atoms with Crippen molar-refractivity contribution in [1.29, 1.82) is 0 Å².